The number of anilines is 1. The number of amides is 2. The molecule has 0 aliphatic rings. The standard InChI is InChI=1S/C26H25N5O6/c1-30(2)20-11-9-17(10-12-20)13-22(28-25(33)18-7-5-4-6-8-18)26(34)29-27-16-19-14-21(31(35)36)15-23(37-3)24(19)32/h4-16,32H,1-3H3,(H,28,33)(H,29,34)/b22-13+,27-16+. The molecule has 0 aliphatic heterocycles. The molecule has 11 heteroatoms. The Bertz CT molecular complexity index is 1350. The van der Waals surface area contributed by atoms with E-state index in [1.54, 1.807) is 42.5 Å². The van der Waals surface area contributed by atoms with Gasteiger partial charge in [0.15, 0.2) is 11.5 Å². The molecule has 0 spiro atoms. The van der Waals surface area contributed by atoms with Crippen LogP contribution in [0.4, 0.5) is 11.4 Å². The summed E-state index contributed by atoms with van der Waals surface area (Å²) in [5.41, 5.74) is 3.74. The molecule has 2 amide bonds. The van der Waals surface area contributed by atoms with E-state index in [2.05, 4.69) is 15.8 Å². The number of non-ortho nitro benzene ring substituents is 1. The highest BCUT2D eigenvalue weighted by atomic mass is 16.6. The molecule has 3 N–H and O–H groups in total. The molecular formula is C26H25N5O6. The Labute approximate surface area is 212 Å². The lowest BCUT2D eigenvalue weighted by Gasteiger charge is -2.12. The number of aromatic hydroxyl groups is 1. The lowest BCUT2D eigenvalue weighted by atomic mass is 10.1. The second-order valence-corrected chi connectivity index (χ2v) is 7.91. The number of nitro groups is 1. The zero-order valence-electron chi connectivity index (χ0n) is 20.3. The number of hydrogen-bond acceptors (Lipinski definition) is 8. The summed E-state index contributed by atoms with van der Waals surface area (Å²) in [6, 6.07) is 17.8. The molecule has 3 rings (SSSR count). The van der Waals surface area contributed by atoms with Gasteiger partial charge in [0.1, 0.15) is 5.70 Å². The van der Waals surface area contributed by atoms with Gasteiger partial charge in [0.25, 0.3) is 17.5 Å². The lowest BCUT2D eigenvalue weighted by Crippen LogP contribution is -2.32. The van der Waals surface area contributed by atoms with E-state index in [4.69, 9.17) is 4.74 Å². The summed E-state index contributed by atoms with van der Waals surface area (Å²) in [4.78, 5) is 38.1. The maximum Gasteiger partial charge on any atom is 0.287 e. The van der Waals surface area contributed by atoms with Gasteiger partial charge in [0.2, 0.25) is 0 Å². The highest BCUT2D eigenvalue weighted by molar-refractivity contribution is 6.05. The fourth-order valence-corrected chi connectivity index (χ4v) is 3.17. The molecule has 190 valence electrons. The van der Waals surface area contributed by atoms with Crippen LogP contribution in [0.1, 0.15) is 21.5 Å². The fourth-order valence-electron chi connectivity index (χ4n) is 3.17. The highest BCUT2D eigenvalue weighted by Gasteiger charge is 2.17. The van der Waals surface area contributed by atoms with Crippen LogP contribution in [-0.2, 0) is 4.79 Å². The number of nitrogens with one attached hydrogen (secondary N) is 2. The minimum absolute atomic E-state index is 0.0514. The normalized spacial score (nSPS) is 11.2. The van der Waals surface area contributed by atoms with E-state index in [0.717, 1.165) is 24.0 Å². The molecule has 0 saturated heterocycles. The Balaban J connectivity index is 1.87. The van der Waals surface area contributed by atoms with E-state index in [9.17, 15) is 24.8 Å². The van der Waals surface area contributed by atoms with Gasteiger partial charge in [-0.3, -0.25) is 19.7 Å². The summed E-state index contributed by atoms with van der Waals surface area (Å²) in [6.45, 7) is 0. The van der Waals surface area contributed by atoms with Crippen LogP contribution in [0.2, 0.25) is 0 Å². The molecule has 3 aromatic carbocycles. The minimum atomic E-state index is -0.755. The monoisotopic (exact) mass is 503 g/mol. The van der Waals surface area contributed by atoms with E-state index in [0.29, 0.717) is 11.1 Å². The largest absolute Gasteiger partial charge is 0.504 e. The average Bonchev–Trinajstić information content (AvgIpc) is 2.89. The van der Waals surface area contributed by atoms with Crippen molar-refractivity contribution >= 4 is 35.5 Å². The summed E-state index contributed by atoms with van der Waals surface area (Å²) in [7, 11) is 5.05. The molecule has 3 aromatic rings. The molecule has 0 saturated carbocycles. The van der Waals surface area contributed by atoms with Gasteiger partial charge in [-0.25, -0.2) is 5.43 Å². The van der Waals surface area contributed by atoms with Crippen LogP contribution in [0.3, 0.4) is 0 Å². The third kappa shape index (κ3) is 6.92. The smallest absolute Gasteiger partial charge is 0.287 e. The molecule has 0 atom stereocenters. The number of nitro benzene ring substituents is 1. The van der Waals surface area contributed by atoms with Crippen LogP contribution in [-0.4, -0.2) is 49.3 Å². The van der Waals surface area contributed by atoms with Crippen molar-refractivity contribution in [1.29, 1.82) is 0 Å². The molecule has 0 heterocycles. The van der Waals surface area contributed by atoms with Gasteiger partial charge in [-0.1, -0.05) is 30.3 Å². The fraction of sp³-hybridized carbons (Fsp3) is 0.115. The van der Waals surface area contributed by atoms with Gasteiger partial charge < -0.3 is 20.1 Å². The summed E-state index contributed by atoms with van der Waals surface area (Å²) in [5.74, 6) is -1.77. The number of benzene rings is 3. The number of carbonyl (C=O) groups excluding carboxylic acids is 2. The van der Waals surface area contributed by atoms with Gasteiger partial charge in [-0.05, 0) is 35.9 Å². The van der Waals surface area contributed by atoms with Crippen molar-refractivity contribution in [3.63, 3.8) is 0 Å². The van der Waals surface area contributed by atoms with Crippen molar-refractivity contribution < 1.29 is 24.4 Å². The van der Waals surface area contributed by atoms with Gasteiger partial charge in [-0.15, -0.1) is 0 Å². The van der Waals surface area contributed by atoms with Crippen LogP contribution in [0, 0.1) is 10.1 Å². The van der Waals surface area contributed by atoms with Gasteiger partial charge in [-0.2, -0.15) is 5.10 Å². The summed E-state index contributed by atoms with van der Waals surface area (Å²) >= 11 is 0. The van der Waals surface area contributed by atoms with Crippen LogP contribution < -0.4 is 20.4 Å². The predicted molar refractivity (Wildman–Crippen MR) is 140 cm³/mol. The van der Waals surface area contributed by atoms with E-state index >= 15 is 0 Å². The Morgan fingerprint density at radius 2 is 1.76 bits per heavy atom. The molecular weight excluding hydrogens is 478 g/mol. The number of hydrazone groups is 1. The molecule has 11 nitrogen and oxygen atoms in total. The molecule has 0 radical (unpaired) electrons. The number of ether oxygens (including phenoxy) is 1. The molecule has 0 unspecified atom stereocenters. The zero-order valence-corrected chi connectivity index (χ0v) is 20.3. The van der Waals surface area contributed by atoms with Gasteiger partial charge in [0.05, 0.1) is 24.3 Å². The minimum Gasteiger partial charge on any atom is -0.504 e. The molecule has 0 fully saturated rings. The Morgan fingerprint density at radius 1 is 1.08 bits per heavy atom. The predicted octanol–water partition coefficient (Wildman–Crippen LogP) is 3.30. The van der Waals surface area contributed by atoms with Crippen LogP contribution >= 0.6 is 0 Å². The number of rotatable bonds is 9. The number of carbonyl (C=O) groups is 2. The number of methoxy groups -OCH3 is 1. The van der Waals surface area contributed by atoms with Crippen LogP contribution in [0.15, 0.2) is 77.5 Å². The first-order valence-electron chi connectivity index (χ1n) is 10.9. The molecule has 37 heavy (non-hydrogen) atoms. The van der Waals surface area contributed by atoms with Gasteiger partial charge >= 0.3 is 0 Å². The second kappa shape index (κ2) is 12.0. The highest BCUT2D eigenvalue weighted by Crippen LogP contribution is 2.33. The third-order valence-corrected chi connectivity index (χ3v) is 5.14. The van der Waals surface area contributed by atoms with Crippen molar-refractivity contribution in [2.24, 2.45) is 5.10 Å². The Kier molecular flexibility index (Phi) is 8.55. The number of hydrogen-bond donors (Lipinski definition) is 3. The SMILES string of the molecule is COc1cc([N+](=O)[O-])cc(/C=N/NC(=O)/C(=C\c2ccc(N(C)C)cc2)NC(=O)c2ccccc2)c1O. The summed E-state index contributed by atoms with van der Waals surface area (Å²) in [6.07, 6.45) is 2.52. The van der Waals surface area contributed by atoms with Crippen molar-refractivity contribution in [1.82, 2.24) is 10.7 Å². The first-order valence-corrected chi connectivity index (χ1v) is 10.9. The average molecular weight is 504 g/mol. The van der Waals surface area contributed by atoms with Crippen molar-refractivity contribution in [3.8, 4) is 11.5 Å². The molecule has 0 bridgehead atoms. The molecule has 0 aromatic heterocycles. The Hall–Kier alpha value is -5.19. The first kappa shape index (κ1) is 26.4. The quantitative estimate of drug-likeness (QED) is 0.176. The number of phenolic OH excluding ortho intramolecular Hbond substituents is 1. The first-order chi connectivity index (χ1) is 17.7. The second-order valence-electron chi connectivity index (χ2n) is 7.91. The lowest BCUT2D eigenvalue weighted by molar-refractivity contribution is -0.385. The summed E-state index contributed by atoms with van der Waals surface area (Å²) in [5, 5.41) is 27.8. The van der Waals surface area contributed by atoms with E-state index in [1.807, 2.05) is 31.1 Å². The topological polar surface area (TPSA) is 146 Å². The maximum absolute atomic E-state index is 13.0. The van der Waals surface area contributed by atoms with E-state index in [1.165, 1.54) is 13.2 Å². The zero-order chi connectivity index (χ0) is 26.9. The molecule has 0 aliphatic carbocycles. The number of phenols is 1. The van der Waals surface area contributed by atoms with Crippen molar-refractivity contribution in [3.05, 3.63) is 99.2 Å². The van der Waals surface area contributed by atoms with Crippen LogP contribution in [0.25, 0.3) is 6.08 Å². The Morgan fingerprint density at radius 3 is 2.35 bits per heavy atom. The van der Waals surface area contributed by atoms with Gasteiger partial charge in [0, 0.05) is 37.0 Å². The maximum atomic E-state index is 13.0. The number of nitrogens with zero attached hydrogens (tertiary/aromatic N) is 3. The third-order valence-electron chi connectivity index (χ3n) is 5.14. The van der Waals surface area contributed by atoms with E-state index in [-0.39, 0.29) is 28.4 Å². The van der Waals surface area contributed by atoms with Crippen molar-refractivity contribution in [2.45, 2.75) is 0 Å². The van der Waals surface area contributed by atoms with Crippen molar-refractivity contribution in [2.75, 3.05) is 26.1 Å². The van der Waals surface area contributed by atoms with Crippen LogP contribution in [0.5, 0.6) is 11.5 Å². The summed E-state index contributed by atoms with van der Waals surface area (Å²) < 4.78 is 4.95. The van der Waals surface area contributed by atoms with E-state index < -0.39 is 16.7 Å².